The number of nitrogens with one attached hydrogen (secondary N) is 1. The fourth-order valence-electron chi connectivity index (χ4n) is 1.39. The molecule has 0 fully saturated rings. The lowest BCUT2D eigenvalue weighted by Gasteiger charge is -2.06. The number of anilines is 2. The van der Waals surface area contributed by atoms with E-state index in [1.165, 1.54) is 17.4 Å². The third kappa shape index (κ3) is 2.70. The zero-order valence-electron chi connectivity index (χ0n) is 9.11. The summed E-state index contributed by atoms with van der Waals surface area (Å²) in [6, 6.07) is 8.51. The largest absolute Gasteiger partial charge is 0.399 e. The standard InChI is InChI=1S/C12H8BrN3OS/c13-11-4-8(6-18-11)12(17)16-10-2-1-9(15)3-7(10)5-14/h1-4,6H,15H2,(H,16,17). The van der Waals surface area contributed by atoms with Gasteiger partial charge in [0, 0.05) is 11.1 Å². The van der Waals surface area contributed by atoms with Gasteiger partial charge >= 0.3 is 0 Å². The molecule has 0 aliphatic heterocycles. The van der Waals surface area contributed by atoms with Crippen LogP contribution in [0, 0.1) is 11.3 Å². The molecule has 1 aromatic heterocycles. The second kappa shape index (κ2) is 5.21. The van der Waals surface area contributed by atoms with E-state index < -0.39 is 0 Å². The van der Waals surface area contributed by atoms with Crippen LogP contribution in [0.3, 0.4) is 0 Å². The van der Waals surface area contributed by atoms with Gasteiger partial charge in [-0.2, -0.15) is 5.26 Å². The molecule has 6 heteroatoms. The van der Waals surface area contributed by atoms with Crippen molar-refractivity contribution in [3.63, 3.8) is 0 Å². The quantitative estimate of drug-likeness (QED) is 0.833. The van der Waals surface area contributed by atoms with Gasteiger partial charge in [-0.15, -0.1) is 11.3 Å². The number of thiophene rings is 1. The summed E-state index contributed by atoms with van der Waals surface area (Å²) < 4.78 is 0.880. The molecule has 0 radical (unpaired) electrons. The third-order valence-corrected chi connectivity index (χ3v) is 3.75. The van der Waals surface area contributed by atoms with Crippen LogP contribution in [0.4, 0.5) is 11.4 Å². The van der Waals surface area contributed by atoms with Gasteiger partial charge in [0.1, 0.15) is 6.07 Å². The average Bonchev–Trinajstić information content (AvgIpc) is 2.78. The van der Waals surface area contributed by atoms with Crippen LogP contribution in [0.25, 0.3) is 0 Å². The van der Waals surface area contributed by atoms with Gasteiger partial charge in [-0.3, -0.25) is 4.79 Å². The number of hydrogen-bond acceptors (Lipinski definition) is 4. The highest BCUT2D eigenvalue weighted by Gasteiger charge is 2.10. The molecule has 18 heavy (non-hydrogen) atoms. The Morgan fingerprint density at radius 1 is 1.44 bits per heavy atom. The molecule has 2 aromatic rings. The van der Waals surface area contributed by atoms with Crippen LogP contribution >= 0.6 is 27.3 Å². The highest BCUT2D eigenvalue weighted by atomic mass is 79.9. The highest BCUT2D eigenvalue weighted by Crippen LogP contribution is 2.23. The van der Waals surface area contributed by atoms with Crippen LogP contribution in [0.5, 0.6) is 0 Å². The molecule has 1 aromatic carbocycles. The van der Waals surface area contributed by atoms with Crippen LogP contribution in [-0.4, -0.2) is 5.91 Å². The molecule has 0 aliphatic rings. The Balaban J connectivity index is 2.25. The maximum Gasteiger partial charge on any atom is 0.256 e. The van der Waals surface area contributed by atoms with Gasteiger partial charge in [-0.1, -0.05) is 0 Å². The molecule has 0 atom stereocenters. The number of carbonyl (C=O) groups is 1. The van der Waals surface area contributed by atoms with E-state index in [1.807, 2.05) is 6.07 Å². The van der Waals surface area contributed by atoms with E-state index in [1.54, 1.807) is 23.6 Å². The Hall–Kier alpha value is -1.84. The van der Waals surface area contributed by atoms with Crippen LogP contribution < -0.4 is 11.1 Å². The Bertz CT molecular complexity index is 645. The molecular formula is C12H8BrN3OS. The van der Waals surface area contributed by atoms with Gasteiger partial charge in [-0.25, -0.2) is 0 Å². The first kappa shape index (κ1) is 12.6. The number of carbonyl (C=O) groups excluding carboxylic acids is 1. The fourth-order valence-corrected chi connectivity index (χ4v) is 2.52. The molecule has 2 rings (SSSR count). The number of nitrogens with zero attached hydrogens (tertiary/aromatic N) is 1. The van der Waals surface area contributed by atoms with Gasteiger partial charge < -0.3 is 11.1 Å². The summed E-state index contributed by atoms with van der Waals surface area (Å²) in [6.07, 6.45) is 0. The topological polar surface area (TPSA) is 78.9 Å². The van der Waals surface area contributed by atoms with Crippen molar-refractivity contribution in [1.82, 2.24) is 0 Å². The summed E-state index contributed by atoms with van der Waals surface area (Å²) >= 11 is 4.72. The van der Waals surface area contributed by atoms with E-state index in [-0.39, 0.29) is 5.91 Å². The van der Waals surface area contributed by atoms with Crippen molar-refractivity contribution in [2.75, 3.05) is 11.1 Å². The number of benzene rings is 1. The smallest absolute Gasteiger partial charge is 0.256 e. The van der Waals surface area contributed by atoms with Gasteiger partial charge in [-0.05, 0) is 40.2 Å². The van der Waals surface area contributed by atoms with E-state index in [2.05, 4.69) is 21.2 Å². The summed E-state index contributed by atoms with van der Waals surface area (Å²) in [6.45, 7) is 0. The molecule has 0 saturated heterocycles. The first-order valence-electron chi connectivity index (χ1n) is 4.95. The fraction of sp³-hybridized carbons (Fsp3) is 0. The third-order valence-electron chi connectivity index (χ3n) is 2.24. The number of hydrogen-bond donors (Lipinski definition) is 2. The van der Waals surface area contributed by atoms with E-state index in [0.29, 0.717) is 22.5 Å². The number of nitriles is 1. The van der Waals surface area contributed by atoms with Crippen molar-refractivity contribution in [2.24, 2.45) is 0 Å². The zero-order valence-corrected chi connectivity index (χ0v) is 11.5. The average molecular weight is 322 g/mol. The molecule has 0 aliphatic carbocycles. The Labute approximate surface area is 116 Å². The molecule has 0 unspecified atom stereocenters. The van der Waals surface area contributed by atoms with Gasteiger partial charge in [0.25, 0.3) is 5.91 Å². The maximum absolute atomic E-state index is 11.9. The Kier molecular flexibility index (Phi) is 3.65. The van der Waals surface area contributed by atoms with E-state index in [4.69, 9.17) is 11.0 Å². The maximum atomic E-state index is 11.9. The summed E-state index contributed by atoms with van der Waals surface area (Å²) in [4.78, 5) is 11.9. The first-order chi connectivity index (χ1) is 8.60. The van der Waals surface area contributed by atoms with Crippen LogP contribution in [0.2, 0.25) is 0 Å². The Morgan fingerprint density at radius 2 is 2.22 bits per heavy atom. The zero-order chi connectivity index (χ0) is 13.1. The SMILES string of the molecule is N#Cc1cc(N)ccc1NC(=O)c1csc(Br)c1. The minimum Gasteiger partial charge on any atom is -0.399 e. The van der Waals surface area contributed by atoms with Crippen LogP contribution in [0.15, 0.2) is 33.4 Å². The summed E-state index contributed by atoms with van der Waals surface area (Å²) in [5.41, 5.74) is 7.42. The monoisotopic (exact) mass is 321 g/mol. The van der Waals surface area contributed by atoms with Crippen molar-refractivity contribution in [1.29, 1.82) is 5.26 Å². The van der Waals surface area contributed by atoms with Gasteiger partial charge in [0.05, 0.1) is 20.6 Å². The predicted molar refractivity (Wildman–Crippen MR) is 75.5 cm³/mol. The number of nitrogen functional groups attached to an aromatic ring is 1. The molecular weight excluding hydrogens is 314 g/mol. The number of halogens is 1. The van der Waals surface area contributed by atoms with Crippen molar-refractivity contribution >= 4 is 44.5 Å². The lowest BCUT2D eigenvalue weighted by Crippen LogP contribution is -2.12. The lowest BCUT2D eigenvalue weighted by molar-refractivity contribution is 0.102. The number of amides is 1. The Morgan fingerprint density at radius 3 is 2.83 bits per heavy atom. The summed E-state index contributed by atoms with van der Waals surface area (Å²) in [7, 11) is 0. The van der Waals surface area contributed by atoms with Crippen LogP contribution in [-0.2, 0) is 0 Å². The summed E-state index contributed by atoms with van der Waals surface area (Å²) in [5, 5.41) is 13.4. The molecule has 4 nitrogen and oxygen atoms in total. The van der Waals surface area contributed by atoms with Crippen molar-refractivity contribution in [3.8, 4) is 6.07 Å². The van der Waals surface area contributed by atoms with E-state index in [0.717, 1.165) is 3.79 Å². The molecule has 1 amide bonds. The molecule has 0 saturated carbocycles. The van der Waals surface area contributed by atoms with Crippen molar-refractivity contribution < 1.29 is 4.79 Å². The number of nitrogens with two attached hydrogens (primary N) is 1. The number of rotatable bonds is 2. The molecule has 90 valence electrons. The molecule has 0 bridgehead atoms. The second-order valence-electron chi connectivity index (χ2n) is 3.51. The van der Waals surface area contributed by atoms with E-state index >= 15 is 0 Å². The minimum absolute atomic E-state index is 0.252. The normalized spacial score (nSPS) is 9.78. The summed E-state index contributed by atoms with van der Waals surface area (Å²) in [5.74, 6) is -0.252. The van der Waals surface area contributed by atoms with Crippen molar-refractivity contribution in [3.05, 3.63) is 44.6 Å². The molecule has 3 N–H and O–H groups in total. The van der Waals surface area contributed by atoms with Crippen LogP contribution in [0.1, 0.15) is 15.9 Å². The highest BCUT2D eigenvalue weighted by molar-refractivity contribution is 9.11. The lowest BCUT2D eigenvalue weighted by atomic mass is 10.1. The molecule has 1 heterocycles. The van der Waals surface area contributed by atoms with Gasteiger partial charge in [0.2, 0.25) is 0 Å². The van der Waals surface area contributed by atoms with Crippen molar-refractivity contribution in [2.45, 2.75) is 0 Å². The van der Waals surface area contributed by atoms with Gasteiger partial charge in [0.15, 0.2) is 0 Å². The molecule has 0 spiro atoms. The predicted octanol–water partition coefficient (Wildman–Crippen LogP) is 3.22. The van der Waals surface area contributed by atoms with E-state index in [9.17, 15) is 4.79 Å². The first-order valence-corrected chi connectivity index (χ1v) is 6.62. The minimum atomic E-state index is -0.252. The second-order valence-corrected chi connectivity index (χ2v) is 5.80.